The first-order chi connectivity index (χ1) is 15.6. The van der Waals surface area contributed by atoms with E-state index < -0.39 is 6.23 Å². The van der Waals surface area contributed by atoms with Crippen molar-refractivity contribution in [3.05, 3.63) is 75.5 Å². The van der Waals surface area contributed by atoms with E-state index in [0.29, 0.717) is 40.4 Å². The molecule has 1 fully saturated rings. The number of benzene rings is 1. The van der Waals surface area contributed by atoms with Gasteiger partial charge in [0.25, 0.3) is 5.56 Å². The molecule has 0 radical (unpaired) electrons. The first-order valence-electron chi connectivity index (χ1n) is 10.4. The summed E-state index contributed by atoms with van der Waals surface area (Å²) in [5.74, 6) is 0.664. The number of aliphatic hydroxyl groups excluding tert-OH is 1. The van der Waals surface area contributed by atoms with Crippen LogP contribution in [0, 0.1) is 0 Å². The minimum atomic E-state index is -0.828. The predicted molar refractivity (Wildman–Crippen MR) is 123 cm³/mol. The normalized spacial score (nSPS) is 16.4. The number of hydrogen-bond acceptors (Lipinski definition) is 8. The van der Waals surface area contributed by atoms with Crippen LogP contribution in [0.1, 0.15) is 17.4 Å². The van der Waals surface area contributed by atoms with Crippen molar-refractivity contribution in [1.82, 2.24) is 24.8 Å². The van der Waals surface area contributed by atoms with Crippen molar-refractivity contribution in [3.63, 3.8) is 0 Å². The number of aromatic nitrogens is 3. The SMILES string of the molecule is O=c1[nH]c(-c2ccccn2)nc2c(C(O)N3CCN(Cc4ccc(O)cc4)CC3)csc12. The molecule has 4 heterocycles. The number of phenolic OH excluding ortho intramolecular Hbond substituents is 1. The summed E-state index contributed by atoms with van der Waals surface area (Å²) in [4.78, 5) is 28.6. The van der Waals surface area contributed by atoms with Crippen molar-refractivity contribution in [2.45, 2.75) is 12.8 Å². The van der Waals surface area contributed by atoms with E-state index in [2.05, 4.69) is 19.9 Å². The number of aromatic amines is 1. The molecule has 0 amide bonds. The van der Waals surface area contributed by atoms with Crippen LogP contribution >= 0.6 is 11.3 Å². The molecule has 1 aliphatic rings. The molecule has 1 atom stereocenters. The van der Waals surface area contributed by atoms with Gasteiger partial charge in [0.15, 0.2) is 5.82 Å². The van der Waals surface area contributed by atoms with E-state index in [1.807, 2.05) is 28.5 Å². The molecule has 164 valence electrons. The third-order valence-corrected chi connectivity index (χ3v) is 6.72. The van der Waals surface area contributed by atoms with Gasteiger partial charge in [-0.3, -0.25) is 19.6 Å². The van der Waals surface area contributed by atoms with Crippen LogP contribution in [0.15, 0.2) is 58.8 Å². The molecule has 0 bridgehead atoms. The third-order valence-electron chi connectivity index (χ3n) is 5.73. The van der Waals surface area contributed by atoms with Gasteiger partial charge in [0.05, 0.1) is 5.52 Å². The van der Waals surface area contributed by atoms with E-state index in [4.69, 9.17) is 0 Å². The van der Waals surface area contributed by atoms with Crippen molar-refractivity contribution in [2.24, 2.45) is 0 Å². The summed E-state index contributed by atoms with van der Waals surface area (Å²) in [6.07, 6.45) is 0.825. The molecular weight excluding hydrogens is 426 g/mol. The lowest BCUT2D eigenvalue weighted by atomic mass is 10.1. The van der Waals surface area contributed by atoms with Gasteiger partial charge >= 0.3 is 0 Å². The largest absolute Gasteiger partial charge is 0.508 e. The zero-order chi connectivity index (χ0) is 22.1. The van der Waals surface area contributed by atoms with Crippen molar-refractivity contribution >= 4 is 21.6 Å². The van der Waals surface area contributed by atoms with Crippen LogP contribution in [0.4, 0.5) is 0 Å². The second-order valence-corrected chi connectivity index (χ2v) is 8.73. The van der Waals surface area contributed by atoms with Crippen molar-refractivity contribution in [2.75, 3.05) is 26.2 Å². The van der Waals surface area contributed by atoms with E-state index >= 15 is 0 Å². The summed E-state index contributed by atoms with van der Waals surface area (Å²) in [5, 5.41) is 22.4. The highest BCUT2D eigenvalue weighted by atomic mass is 32.1. The van der Waals surface area contributed by atoms with Gasteiger partial charge in [-0.2, -0.15) is 0 Å². The van der Waals surface area contributed by atoms with Crippen LogP contribution in [-0.2, 0) is 6.54 Å². The number of aromatic hydroxyl groups is 1. The number of phenols is 1. The molecule has 1 aromatic carbocycles. The van der Waals surface area contributed by atoms with E-state index in [1.54, 1.807) is 30.5 Å². The minimum absolute atomic E-state index is 0.224. The molecule has 0 spiro atoms. The van der Waals surface area contributed by atoms with E-state index in [9.17, 15) is 15.0 Å². The van der Waals surface area contributed by atoms with Gasteiger partial charge < -0.3 is 15.2 Å². The average Bonchev–Trinajstić information content (AvgIpc) is 3.26. The standard InChI is InChI=1S/C23H23N5O3S/c29-16-6-4-15(5-7-16)13-27-9-11-28(12-10-27)23(31)17-14-32-20-19(17)25-21(26-22(20)30)18-3-1-2-8-24-18/h1-8,14,23,29,31H,9-13H2,(H,25,26,30). The number of nitrogens with one attached hydrogen (secondary N) is 1. The molecule has 8 nitrogen and oxygen atoms in total. The van der Waals surface area contributed by atoms with Crippen LogP contribution in [0.5, 0.6) is 5.75 Å². The Morgan fingerprint density at radius 1 is 1.09 bits per heavy atom. The number of rotatable bonds is 5. The van der Waals surface area contributed by atoms with Gasteiger partial charge in [-0.1, -0.05) is 18.2 Å². The predicted octanol–water partition coefficient (Wildman–Crippen LogP) is 2.56. The molecule has 3 N–H and O–H groups in total. The lowest BCUT2D eigenvalue weighted by Crippen LogP contribution is -2.47. The Kier molecular flexibility index (Phi) is 5.71. The number of piperazine rings is 1. The van der Waals surface area contributed by atoms with E-state index in [0.717, 1.165) is 25.2 Å². The van der Waals surface area contributed by atoms with Gasteiger partial charge in [0, 0.05) is 49.9 Å². The molecule has 1 aliphatic heterocycles. The van der Waals surface area contributed by atoms with Crippen LogP contribution in [0.3, 0.4) is 0 Å². The zero-order valence-corrected chi connectivity index (χ0v) is 18.1. The average molecular weight is 450 g/mol. The number of nitrogens with zero attached hydrogens (tertiary/aromatic N) is 4. The summed E-state index contributed by atoms with van der Waals surface area (Å²) < 4.78 is 0.504. The Morgan fingerprint density at radius 3 is 2.59 bits per heavy atom. The molecule has 3 aromatic heterocycles. The van der Waals surface area contributed by atoms with Gasteiger partial charge in [0.2, 0.25) is 0 Å². The highest BCUT2D eigenvalue weighted by Crippen LogP contribution is 2.30. The smallest absolute Gasteiger partial charge is 0.269 e. The van der Waals surface area contributed by atoms with Crippen molar-refractivity contribution in [1.29, 1.82) is 0 Å². The van der Waals surface area contributed by atoms with Crippen LogP contribution < -0.4 is 5.56 Å². The minimum Gasteiger partial charge on any atom is -0.508 e. The molecule has 5 rings (SSSR count). The number of pyridine rings is 1. The first kappa shape index (κ1) is 20.8. The number of hydrogen-bond donors (Lipinski definition) is 3. The number of aliphatic hydroxyl groups is 1. The monoisotopic (exact) mass is 449 g/mol. The quantitative estimate of drug-likeness (QED) is 0.430. The van der Waals surface area contributed by atoms with Crippen LogP contribution in [0.25, 0.3) is 21.7 Å². The Hall–Kier alpha value is -3.11. The number of fused-ring (bicyclic) bond motifs is 1. The van der Waals surface area contributed by atoms with Gasteiger partial charge in [-0.25, -0.2) is 4.98 Å². The van der Waals surface area contributed by atoms with Gasteiger partial charge in [0.1, 0.15) is 22.4 Å². The Labute approximate surface area is 188 Å². The topological polar surface area (TPSA) is 106 Å². The second-order valence-electron chi connectivity index (χ2n) is 7.85. The summed E-state index contributed by atoms with van der Waals surface area (Å²) in [5.41, 5.74) is 2.68. The van der Waals surface area contributed by atoms with Gasteiger partial charge in [-0.15, -0.1) is 11.3 Å². The fourth-order valence-electron chi connectivity index (χ4n) is 3.98. The summed E-state index contributed by atoms with van der Waals surface area (Å²) in [6, 6.07) is 12.7. The van der Waals surface area contributed by atoms with E-state index in [1.165, 1.54) is 11.3 Å². The number of thiophene rings is 1. The maximum Gasteiger partial charge on any atom is 0.269 e. The molecule has 1 saturated heterocycles. The van der Waals surface area contributed by atoms with Crippen molar-refractivity contribution in [3.8, 4) is 17.3 Å². The van der Waals surface area contributed by atoms with Crippen molar-refractivity contribution < 1.29 is 10.2 Å². The molecule has 1 unspecified atom stereocenters. The summed E-state index contributed by atoms with van der Waals surface area (Å²) in [7, 11) is 0. The second kappa shape index (κ2) is 8.79. The lowest BCUT2D eigenvalue weighted by molar-refractivity contribution is -0.0275. The Bertz CT molecular complexity index is 1260. The molecule has 0 saturated carbocycles. The maximum absolute atomic E-state index is 12.6. The zero-order valence-electron chi connectivity index (χ0n) is 17.3. The van der Waals surface area contributed by atoms with E-state index in [-0.39, 0.29) is 11.3 Å². The molecular formula is C23H23N5O3S. The molecule has 4 aromatic rings. The Morgan fingerprint density at radius 2 is 1.88 bits per heavy atom. The first-order valence-corrected chi connectivity index (χ1v) is 11.3. The summed E-state index contributed by atoms with van der Waals surface area (Å²) >= 11 is 1.30. The fourth-order valence-corrected chi connectivity index (χ4v) is 4.89. The Balaban J connectivity index is 1.33. The summed E-state index contributed by atoms with van der Waals surface area (Å²) in [6.45, 7) is 3.83. The number of H-pyrrole nitrogens is 1. The highest BCUT2D eigenvalue weighted by molar-refractivity contribution is 7.17. The van der Waals surface area contributed by atoms with Crippen LogP contribution in [-0.4, -0.2) is 61.1 Å². The fraction of sp³-hybridized carbons (Fsp3) is 0.261. The van der Waals surface area contributed by atoms with Crippen LogP contribution in [0.2, 0.25) is 0 Å². The molecule has 0 aliphatic carbocycles. The lowest BCUT2D eigenvalue weighted by Gasteiger charge is -2.37. The van der Waals surface area contributed by atoms with Gasteiger partial charge in [-0.05, 0) is 29.8 Å². The molecule has 32 heavy (non-hydrogen) atoms. The maximum atomic E-state index is 12.6. The molecule has 9 heteroatoms. The third kappa shape index (κ3) is 4.15. The highest BCUT2D eigenvalue weighted by Gasteiger charge is 2.26.